The van der Waals surface area contributed by atoms with Gasteiger partial charge < -0.3 is 9.88 Å². The Morgan fingerprint density at radius 2 is 1.85 bits per heavy atom. The third-order valence-corrected chi connectivity index (χ3v) is 5.39. The van der Waals surface area contributed by atoms with Crippen LogP contribution in [0.2, 0.25) is 0 Å². The summed E-state index contributed by atoms with van der Waals surface area (Å²) in [4.78, 5) is 26.5. The predicted molar refractivity (Wildman–Crippen MR) is 109 cm³/mol. The molecular weight excluding hydrogens is 338 g/mol. The lowest BCUT2D eigenvalue weighted by molar-refractivity contribution is -0.116. The Labute approximate surface area is 161 Å². The summed E-state index contributed by atoms with van der Waals surface area (Å²) in [6, 6.07) is 13.6. The Kier molecular flexibility index (Phi) is 6.82. The van der Waals surface area contributed by atoms with Gasteiger partial charge in [-0.2, -0.15) is 0 Å². The van der Waals surface area contributed by atoms with E-state index in [1.54, 1.807) is 22.9 Å². The largest absolute Gasteiger partial charge is 0.326 e. The standard InChI is InChI=1S/C22H29N3O2/c1-24(19-10-3-2-4-11-19)17-18-9-5-6-12-20(18)23-21(26)14-16-25-15-8-7-13-22(25)27/h5-9,12-13,15,19H,2-4,10-11,14,16-17H2,1H3,(H,23,26). The molecule has 0 atom stereocenters. The molecule has 5 nitrogen and oxygen atoms in total. The lowest BCUT2D eigenvalue weighted by atomic mass is 9.94. The molecule has 1 aliphatic rings. The number of anilines is 1. The number of amides is 1. The minimum absolute atomic E-state index is 0.0708. The molecule has 2 aromatic rings. The highest BCUT2D eigenvalue weighted by Gasteiger charge is 2.19. The Bertz CT molecular complexity index is 809. The molecular formula is C22H29N3O2. The van der Waals surface area contributed by atoms with Crippen molar-refractivity contribution >= 4 is 11.6 Å². The molecule has 1 aliphatic carbocycles. The maximum atomic E-state index is 12.4. The van der Waals surface area contributed by atoms with E-state index in [1.165, 1.54) is 38.2 Å². The molecule has 0 spiro atoms. The average molecular weight is 367 g/mol. The van der Waals surface area contributed by atoms with E-state index in [4.69, 9.17) is 0 Å². The van der Waals surface area contributed by atoms with E-state index in [1.807, 2.05) is 18.2 Å². The van der Waals surface area contributed by atoms with Crippen LogP contribution >= 0.6 is 0 Å². The van der Waals surface area contributed by atoms with E-state index >= 15 is 0 Å². The number of nitrogens with one attached hydrogen (secondary N) is 1. The van der Waals surface area contributed by atoms with Gasteiger partial charge in [-0.3, -0.25) is 14.5 Å². The fraction of sp³-hybridized carbons (Fsp3) is 0.455. The van der Waals surface area contributed by atoms with Crippen LogP contribution in [0.5, 0.6) is 0 Å². The van der Waals surface area contributed by atoms with Crippen molar-refractivity contribution in [3.8, 4) is 0 Å². The minimum atomic E-state index is -0.0835. The second-order valence-electron chi connectivity index (χ2n) is 7.39. The zero-order chi connectivity index (χ0) is 19.1. The quantitative estimate of drug-likeness (QED) is 0.813. The van der Waals surface area contributed by atoms with Gasteiger partial charge in [-0.05, 0) is 37.6 Å². The van der Waals surface area contributed by atoms with E-state index < -0.39 is 0 Å². The summed E-state index contributed by atoms with van der Waals surface area (Å²) >= 11 is 0. The second-order valence-corrected chi connectivity index (χ2v) is 7.39. The molecule has 1 aromatic heterocycles. The average Bonchev–Trinajstić information content (AvgIpc) is 2.69. The summed E-state index contributed by atoms with van der Waals surface area (Å²) in [5.74, 6) is -0.0708. The van der Waals surface area contributed by atoms with Crippen molar-refractivity contribution in [2.24, 2.45) is 0 Å². The van der Waals surface area contributed by atoms with Crippen molar-refractivity contribution in [3.05, 3.63) is 64.6 Å². The molecule has 1 aromatic carbocycles. The van der Waals surface area contributed by atoms with Crippen LogP contribution in [0.15, 0.2) is 53.5 Å². The first-order valence-corrected chi connectivity index (χ1v) is 9.87. The Morgan fingerprint density at radius 1 is 1.11 bits per heavy atom. The lowest BCUT2D eigenvalue weighted by Crippen LogP contribution is -2.33. The maximum absolute atomic E-state index is 12.4. The van der Waals surface area contributed by atoms with Crippen LogP contribution in [0.4, 0.5) is 5.69 Å². The highest BCUT2D eigenvalue weighted by atomic mass is 16.1. The van der Waals surface area contributed by atoms with Crippen LogP contribution in [0.1, 0.15) is 44.1 Å². The first-order valence-electron chi connectivity index (χ1n) is 9.87. The minimum Gasteiger partial charge on any atom is -0.326 e. The number of aromatic nitrogens is 1. The molecule has 144 valence electrons. The van der Waals surface area contributed by atoms with E-state index in [-0.39, 0.29) is 17.9 Å². The van der Waals surface area contributed by atoms with E-state index in [9.17, 15) is 9.59 Å². The second kappa shape index (κ2) is 9.51. The first kappa shape index (κ1) is 19.4. The zero-order valence-corrected chi connectivity index (χ0v) is 16.1. The monoisotopic (exact) mass is 367 g/mol. The molecule has 0 saturated heterocycles. The number of para-hydroxylation sites is 1. The van der Waals surface area contributed by atoms with Crippen molar-refractivity contribution in [2.45, 2.75) is 57.7 Å². The fourth-order valence-electron chi connectivity index (χ4n) is 3.78. The van der Waals surface area contributed by atoms with Gasteiger partial charge in [0, 0.05) is 43.5 Å². The van der Waals surface area contributed by atoms with Gasteiger partial charge in [0.05, 0.1) is 0 Å². The number of hydrogen-bond acceptors (Lipinski definition) is 3. The van der Waals surface area contributed by atoms with Gasteiger partial charge in [0.25, 0.3) is 5.56 Å². The smallest absolute Gasteiger partial charge is 0.250 e. The molecule has 5 heteroatoms. The molecule has 1 heterocycles. The molecule has 0 aliphatic heterocycles. The highest BCUT2D eigenvalue weighted by molar-refractivity contribution is 5.91. The van der Waals surface area contributed by atoms with E-state index in [0.717, 1.165) is 17.8 Å². The summed E-state index contributed by atoms with van der Waals surface area (Å²) in [7, 11) is 2.18. The summed E-state index contributed by atoms with van der Waals surface area (Å²) in [5.41, 5.74) is 1.92. The highest BCUT2D eigenvalue weighted by Crippen LogP contribution is 2.25. The van der Waals surface area contributed by atoms with Crippen LogP contribution < -0.4 is 10.9 Å². The molecule has 0 unspecified atom stereocenters. The maximum Gasteiger partial charge on any atom is 0.250 e. The van der Waals surface area contributed by atoms with Crippen LogP contribution in [0.3, 0.4) is 0 Å². The number of carbonyl (C=O) groups is 1. The molecule has 1 amide bonds. The fourth-order valence-corrected chi connectivity index (χ4v) is 3.78. The van der Waals surface area contributed by atoms with Crippen molar-refractivity contribution < 1.29 is 4.79 Å². The number of aryl methyl sites for hydroxylation is 1. The van der Waals surface area contributed by atoms with Gasteiger partial charge in [0.1, 0.15) is 0 Å². The van der Waals surface area contributed by atoms with Gasteiger partial charge >= 0.3 is 0 Å². The molecule has 0 radical (unpaired) electrons. The summed E-state index contributed by atoms with van der Waals surface area (Å²) in [5, 5.41) is 3.03. The lowest BCUT2D eigenvalue weighted by Gasteiger charge is -2.31. The van der Waals surface area contributed by atoms with Gasteiger partial charge in [0.2, 0.25) is 5.91 Å². The Balaban J connectivity index is 1.59. The van der Waals surface area contributed by atoms with Gasteiger partial charge in [-0.15, -0.1) is 0 Å². The number of pyridine rings is 1. The molecule has 0 bridgehead atoms. The number of benzene rings is 1. The molecule has 27 heavy (non-hydrogen) atoms. The van der Waals surface area contributed by atoms with Crippen LogP contribution in [-0.4, -0.2) is 28.5 Å². The van der Waals surface area contributed by atoms with Crippen molar-refractivity contribution in [3.63, 3.8) is 0 Å². The Hall–Kier alpha value is -2.40. The predicted octanol–water partition coefficient (Wildman–Crippen LogP) is 3.64. The van der Waals surface area contributed by atoms with E-state index in [0.29, 0.717) is 12.6 Å². The normalized spacial score (nSPS) is 15.0. The number of rotatable bonds is 7. The molecule has 1 N–H and O–H groups in total. The first-order chi connectivity index (χ1) is 13.1. The molecule has 1 saturated carbocycles. The van der Waals surface area contributed by atoms with Crippen molar-refractivity contribution in [2.75, 3.05) is 12.4 Å². The van der Waals surface area contributed by atoms with Crippen molar-refractivity contribution in [1.29, 1.82) is 0 Å². The van der Waals surface area contributed by atoms with Crippen molar-refractivity contribution in [1.82, 2.24) is 9.47 Å². The van der Waals surface area contributed by atoms with Crippen LogP contribution in [0.25, 0.3) is 0 Å². The van der Waals surface area contributed by atoms with Crippen LogP contribution in [0, 0.1) is 0 Å². The number of carbonyl (C=O) groups excluding carboxylic acids is 1. The van der Waals surface area contributed by atoms with Crippen LogP contribution in [-0.2, 0) is 17.9 Å². The summed E-state index contributed by atoms with van der Waals surface area (Å²) < 4.78 is 1.56. The van der Waals surface area contributed by atoms with Gasteiger partial charge in [0.15, 0.2) is 0 Å². The Morgan fingerprint density at radius 3 is 2.63 bits per heavy atom. The third-order valence-electron chi connectivity index (χ3n) is 5.39. The topological polar surface area (TPSA) is 54.3 Å². The van der Waals surface area contributed by atoms with Gasteiger partial charge in [-0.25, -0.2) is 0 Å². The summed E-state index contributed by atoms with van der Waals surface area (Å²) in [6.07, 6.45) is 8.48. The molecule has 1 fully saturated rings. The SMILES string of the molecule is CN(Cc1ccccc1NC(=O)CCn1ccccc1=O)C1CCCCC1. The molecule has 3 rings (SSSR count). The zero-order valence-electron chi connectivity index (χ0n) is 16.1. The number of nitrogens with zero attached hydrogens (tertiary/aromatic N) is 2. The third kappa shape index (κ3) is 5.54. The summed E-state index contributed by atoms with van der Waals surface area (Å²) in [6.45, 7) is 1.22. The number of hydrogen-bond donors (Lipinski definition) is 1. The van der Waals surface area contributed by atoms with E-state index in [2.05, 4.69) is 23.3 Å². The van der Waals surface area contributed by atoms with Gasteiger partial charge in [-0.1, -0.05) is 43.5 Å².